The summed E-state index contributed by atoms with van der Waals surface area (Å²) < 4.78 is 5.46. The second-order valence-electron chi connectivity index (χ2n) is 8.02. The number of ether oxygens (including phenoxy) is 1. The number of morpholine rings is 1. The first kappa shape index (κ1) is 19.6. The number of hydrogen-bond donors (Lipinski definition) is 1. The van der Waals surface area contributed by atoms with Gasteiger partial charge in [-0.25, -0.2) is 4.98 Å². The molecule has 2 aliphatic rings. The molecular weight excluding hydrogens is 400 g/mol. The smallest absolute Gasteiger partial charge is 0.162 e. The van der Waals surface area contributed by atoms with Crippen LogP contribution in [0.4, 0.5) is 11.5 Å². The third-order valence-corrected chi connectivity index (χ3v) is 6.97. The molecule has 8 nitrogen and oxygen atoms in total. The van der Waals surface area contributed by atoms with E-state index in [1.165, 1.54) is 0 Å². The molecule has 158 valence electrons. The Kier molecular flexibility index (Phi) is 5.49. The molecule has 0 aliphatic carbocycles. The van der Waals surface area contributed by atoms with Crippen molar-refractivity contribution in [2.75, 3.05) is 49.2 Å². The highest BCUT2D eigenvalue weighted by Crippen LogP contribution is 2.35. The normalized spacial score (nSPS) is 21.2. The fourth-order valence-corrected chi connectivity index (χ4v) is 5.23. The van der Waals surface area contributed by atoms with Crippen molar-refractivity contribution < 1.29 is 9.84 Å². The van der Waals surface area contributed by atoms with E-state index in [0.29, 0.717) is 0 Å². The monoisotopic (exact) mass is 426 g/mol. The largest absolute Gasteiger partial charge is 0.386 e. The van der Waals surface area contributed by atoms with E-state index >= 15 is 0 Å². The van der Waals surface area contributed by atoms with Gasteiger partial charge < -0.3 is 19.6 Å². The summed E-state index contributed by atoms with van der Waals surface area (Å²) in [4.78, 5) is 10.1. The minimum absolute atomic E-state index is 0.127. The number of aromatic nitrogens is 4. The standard InChI is InChI=1S/C21H26N6O2S/c1-14-12-22-21(30-14)19(28)15-3-2-6-27(13-15)20-17-5-4-16(11-18(17)23-25-24-20)26-7-9-29-10-8-26/h4-5,11-12,15,19,28H,2-3,6-10,13H2,1H3/t15-,19?/m0/s1. The van der Waals surface area contributed by atoms with Gasteiger partial charge in [0, 0.05) is 54.2 Å². The molecule has 0 radical (unpaired) electrons. The third-order valence-electron chi connectivity index (χ3n) is 5.99. The van der Waals surface area contributed by atoms with Crippen LogP contribution in [0.2, 0.25) is 0 Å². The number of piperidine rings is 1. The van der Waals surface area contributed by atoms with E-state index < -0.39 is 6.10 Å². The van der Waals surface area contributed by atoms with Gasteiger partial charge >= 0.3 is 0 Å². The lowest BCUT2D eigenvalue weighted by Crippen LogP contribution is -2.38. The molecule has 9 heteroatoms. The fraction of sp³-hybridized carbons (Fsp3) is 0.524. The van der Waals surface area contributed by atoms with Gasteiger partial charge in [-0.3, -0.25) is 0 Å². The van der Waals surface area contributed by atoms with E-state index in [-0.39, 0.29) is 5.92 Å². The van der Waals surface area contributed by atoms with Crippen LogP contribution >= 0.6 is 11.3 Å². The molecule has 5 rings (SSSR count). The van der Waals surface area contributed by atoms with Crippen molar-refractivity contribution in [1.29, 1.82) is 0 Å². The Labute approximate surface area is 179 Å². The van der Waals surface area contributed by atoms with Crippen molar-refractivity contribution in [2.45, 2.75) is 25.9 Å². The van der Waals surface area contributed by atoms with E-state index in [2.05, 4.69) is 48.4 Å². The van der Waals surface area contributed by atoms with Crippen LogP contribution in [0.5, 0.6) is 0 Å². The van der Waals surface area contributed by atoms with E-state index in [4.69, 9.17) is 4.74 Å². The molecule has 3 aromatic rings. The molecule has 0 spiro atoms. The van der Waals surface area contributed by atoms with Gasteiger partial charge in [-0.15, -0.1) is 21.5 Å². The summed E-state index contributed by atoms with van der Waals surface area (Å²) in [5.41, 5.74) is 1.99. The number of hydrogen-bond acceptors (Lipinski definition) is 9. The van der Waals surface area contributed by atoms with Crippen molar-refractivity contribution in [2.24, 2.45) is 5.92 Å². The number of anilines is 2. The number of rotatable bonds is 4. The quantitative estimate of drug-likeness (QED) is 0.681. The van der Waals surface area contributed by atoms with Gasteiger partial charge in [0.05, 0.1) is 13.2 Å². The fourth-order valence-electron chi connectivity index (χ4n) is 4.38. The zero-order chi connectivity index (χ0) is 20.5. The Morgan fingerprint density at radius 2 is 2.03 bits per heavy atom. The number of aliphatic hydroxyl groups excluding tert-OH is 1. The highest BCUT2D eigenvalue weighted by atomic mass is 32.1. The van der Waals surface area contributed by atoms with Gasteiger partial charge in [0.1, 0.15) is 16.6 Å². The first-order valence-electron chi connectivity index (χ1n) is 10.5. The average Bonchev–Trinajstić information content (AvgIpc) is 3.24. The molecule has 1 unspecified atom stereocenters. The van der Waals surface area contributed by atoms with Crippen molar-refractivity contribution in [3.63, 3.8) is 0 Å². The number of nitrogens with zero attached hydrogens (tertiary/aromatic N) is 6. The van der Waals surface area contributed by atoms with Gasteiger partial charge in [-0.2, -0.15) is 0 Å². The Morgan fingerprint density at radius 1 is 1.17 bits per heavy atom. The molecule has 1 aromatic carbocycles. The lowest BCUT2D eigenvalue weighted by molar-refractivity contribution is 0.0977. The Balaban J connectivity index is 1.39. The maximum atomic E-state index is 10.9. The van der Waals surface area contributed by atoms with Crippen LogP contribution in [0, 0.1) is 12.8 Å². The lowest BCUT2D eigenvalue weighted by Gasteiger charge is -2.35. The molecule has 0 amide bonds. The van der Waals surface area contributed by atoms with Crippen LogP contribution in [0.15, 0.2) is 24.4 Å². The molecular formula is C21H26N6O2S. The third kappa shape index (κ3) is 3.84. The summed E-state index contributed by atoms with van der Waals surface area (Å²) in [6, 6.07) is 6.32. The summed E-state index contributed by atoms with van der Waals surface area (Å²) in [5.74, 6) is 0.975. The zero-order valence-electron chi connectivity index (χ0n) is 17.1. The average molecular weight is 427 g/mol. The molecule has 1 N–H and O–H groups in total. The molecule has 0 bridgehead atoms. The highest BCUT2D eigenvalue weighted by Gasteiger charge is 2.30. The molecule has 30 heavy (non-hydrogen) atoms. The first-order valence-corrected chi connectivity index (χ1v) is 11.3. The van der Waals surface area contributed by atoms with Gasteiger partial charge in [0.15, 0.2) is 5.82 Å². The lowest BCUT2D eigenvalue weighted by atomic mass is 9.92. The van der Waals surface area contributed by atoms with Crippen LogP contribution in [-0.2, 0) is 4.74 Å². The summed E-state index contributed by atoms with van der Waals surface area (Å²) >= 11 is 1.57. The Hall–Kier alpha value is -2.36. The summed E-state index contributed by atoms with van der Waals surface area (Å²) in [6.07, 6.45) is 3.27. The molecule has 2 fully saturated rings. The van der Waals surface area contributed by atoms with E-state index in [0.717, 1.165) is 84.5 Å². The molecule has 2 saturated heterocycles. The van der Waals surface area contributed by atoms with Crippen molar-refractivity contribution in [3.05, 3.63) is 34.3 Å². The molecule has 2 atom stereocenters. The molecule has 0 saturated carbocycles. The number of benzene rings is 1. The molecule has 2 aromatic heterocycles. The van der Waals surface area contributed by atoms with E-state index in [1.807, 2.05) is 13.1 Å². The maximum Gasteiger partial charge on any atom is 0.162 e. The second-order valence-corrected chi connectivity index (χ2v) is 9.28. The Morgan fingerprint density at radius 3 is 2.83 bits per heavy atom. The van der Waals surface area contributed by atoms with E-state index in [1.54, 1.807) is 11.3 Å². The zero-order valence-corrected chi connectivity index (χ0v) is 17.9. The van der Waals surface area contributed by atoms with Crippen LogP contribution in [-0.4, -0.2) is 64.9 Å². The molecule has 2 aliphatic heterocycles. The van der Waals surface area contributed by atoms with Gasteiger partial charge in [0.2, 0.25) is 0 Å². The predicted molar refractivity (Wildman–Crippen MR) is 117 cm³/mol. The summed E-state index contributed by atoms with van der Waals surface area (Å²) in [6.45, 7) is 6.93. The van der Waals surface area contributed by atoms with Crippen molar-refractivity contribution in [1.82, 2.24) is 20.4 Å². The van der Waals surface area contributed by atoms with Crippen LogP contribution in [0.1, 0.15) is 28.8 Å². The van der Waals surface area contributed by atoms with E-state index in [9.17, 15) is 5.11 Å². The second kappa shape index (κ2) is 8.41. The predicted octanol–water partition coefficient (Wildman–Crippen LogP) is 2.58. The number of thiazole rings is 1. The van der Waals surface area contributed by atoms with Crippen LogP contribution < -0.4 is 9.80 Å². The van der Waals surface area contributed by atoms with Crippen molar-refractivity contribution in [3.8, 4) is 0 Å². The minimum Gasteiger partial charge on any atom is -0.386 e. The summed E-state index contributed by atoms with van der Waals surface area (Å²) in [5, 5.41) is 25.4. The number of aliphatic hydroxyl groups is 1. The molecule has 4 heterocycles. The summed E-state index contributed by atoms with van der Waals surface area (Å²) in [7, 11) is 0. The number of fused-ring (bicyclic) bond motifs is 1. The van der Waals surface area contributed by atoms with Gasteiger partial charge in [0.25, 0.3) is 0 Å². The van der Waals surface area contributed by atoms with Crippen molar-refractivity contribution >= 4 is 33.7 Å². The topological polar surface area (TPSA) is 87.5 Å². The maximum absolute atomic E-state index is 10.9. The Bertz CT molecular complexity index is 1020. The SMILES string of the molecule is Cc1cnc(C(O)[C@H]2CCCN(c3nnnc4cc(N5CCOCC5)ccc34)C2)s1. The van der Waals surface area contributed by atoms with Crippen LogP contribution in [0.25, 0.3) is 10.9 Å². The minimum atomic E-state index is -0.541. The van der Waals surface area contributed by atoms with Gasteiger partial charge in [-0.1, -0.05) is 0 Å². The first-order chi connectivity index (χ1) is 14.7. The highest BCUT2D eigenvalue weighted by molar-refractivity contribution is 7.11. The van der Waals surface area contributed by atoms with Gasteiger partial charge in [-0.05, 0) is 43.2 Å². The van der Waals surface area contributed by atoms with Crippen LogP contribution in [0.3, 0.4) is 0 Å². The number of aryl methyl sites for hydroxylation is 1.